The minimum Gasteiger partial charge on any atom is -0.506 e. The molecule has 9 heteroatoms. The number of carbonyl (C=O) groups is 1. The number of amides is 1. The number of rotatable bonds is 6. The molecule has 1 amide bonds. The third-order valence-electron chi connectivity index (χ3n) is 4.32. The molecule has 0 saturated heterocycles. The number of aliphatic hydroxyl groups excluding tert-OH is 1. The van der Waals surface area contributed by atoms with Crippen molar-refractivity contribution >= 4 is 43.6 Å². The van der Waals surface area contributed by atoms with Crippen LogP contribution in [0.15, 0.2) is 39.3 Å². The first kappa shape index (κ1) is 20.8. The van der Waals surface area contributed by atoms with Crippen LogP contribution in [0.4, 0.5) is 10.5 Å². The van der Waals surface area contributed by atoms with Crippen LogP contribution in [0.5, 0.6) is 17.2 Å². The predicted molar refractivity (Wildman–Crippen MR) is 110 cm³/mol. The van der Waals surface area contributed by atoms with E-state index in [1.54, 1.807) is 30.3 Å². The maximum absolute atomic E-state index is 12.5. The molecule has 1 aliphatic rings. The van der Waals surface area contributed by atoms with E-state index in [1.165, 1.54) is 0 Å². The van der Waals surface area contributed by atoms with Crippen LogP contribution in [0.25, 0.3) is 0 Å². The zero-order valence-corrected chi connectivity index (χ0v) is 18.1. The standard InChI is InChI=1S/C19H19Br2NO6/c1-10(4-5-23)18(13-6-11(20)7-14(21)17(13)24)28-19(25)22-12-2-3-15-16(8-12)27-9-26-15/h2-3,6-8,10,18,23-24H,4-5,9H2,1H3,(H,22,25)/t10-,18-/m0/s1. The average molecular weight is 517 g/mol. The van der Waals surface area contributed by atoms with Crippen molar-refractivity contribution in [3.63, 3.8) is 0 Å². The highest BCUT2D eigenvalue weighted by Gasteiger charge is 2.28. The van der Waals surface area contributed by atoms with Crippen molar-refractivity contribution in [3.05, 3.63) is 44.8 Å². The number of phenols is 1. The molecule has 2 aromatic carbocycles. The molecule has 0 aromatic heterocycles. The fraction of sp³-hybridized carbons (Fsp3) is 0.316. The summed E-state index contributed by atoms with van der Waals surface area (Å²) in [4.78, 5) is 12.5. The van der Waals surface area contributed by atoms with Crippen LogP contribution in [0.3, 0.4) is 0 Å². The second-order valence-electron chi connectivity index (χ2n) is 6.33. The first-order valence-electron chi connectivity index (χ1n) is 8.55. The first-order chi connectivity index (χ1) is 13.4. The monoisotopic (exact) mass is 515 g/mol. The van der Waals surface area contributed by atoms with Crippen molar-refractivity contribution in [2.45, 2.75) is 19.4 Å². The first-order valence-corrected chi connectivity index (χ1v) is 10.1. The molecule has 3 rings (SSSR count). The Balaban J connectivity index is 1.80. The third kappa shape index (κ3) is 4.71. The number of hydrogen-bond acceptors (Lipinski definition) is 6. The molecule has 2 atom stereocenters. The number of anilines is 1. The Labute approximate surface area is 178 Å². The predicted octanol–water partition coefficient (Wildman–Crippen LogP) is 4.95. The second kappa shape index (κ2) is 9.02. The molecule has 1 aliphatic heterocycles. The summed E-state index contributed by atoms with van der Waals surface area (Å²) in [5.74, 6) is 0.891. The van der Waals surface area contributed by atoms with Crippen molar-refractivity contribution in [2.75, 3.05) is 18.7 Å². The van der Waals surface area contributed by atoms with Crippen LogP contribution in [-0.4, -0.2) is 29.7 Å². The van der Waals surface area contributed by atoms with Crippen molar-refractivity contribution in [3.8, 4) is 17.2 Å². The normalized spacial score (nSPS) is 14.4. The summed E-state index contributed by atoms with van der Waals surface area (Å²) < 4.78 is 17.4. The Kier molecular flexibility index (Phi) is 6.69. The lowest BCUT2D eigenvalue weighted by molar-refractivity contribution is 0.0651. The minimum absolute atomic E-state index is 0.0196. The number of halogens is 2. The average Bonchev–Trinajstić information content (AvgIpc) is 3.11. The highest BCUT2D eigenvalue weighted by molar-refractivity contribution is 9.11. The fourth-order valence-corrected chi connectivity index (χ4v) is 4.14. The lowest BCUT2D eigenvalue weighted by Crippen LogP contribution is -2.22. The molecular formula is C19H19Br2NO6. The number of aromatic hydroxyl groups is 1. The molecule has 0 unspecified atom stereocenters. The van der Waals surface area contributed by atoms with Gasteiger partial charge in [0, 0.05) is 28.4 Å². The van der Waals surface area contributed by atoms with Gasteiger partial charge in [0.25, 0.3) is 0 Å². The highest BCUT2D eigenvalue weighted by Crippen LogP contribution is 2.40. The lowest BCUT2D eigenvalue weighted by Gasteiger charge is -2.25. The van der Waals surface area contributed by atoms with Gasteiger partial charge in [0.15, 0.2) is 11.5 Å². The van der Waals surface area contributed by atoms with Gasteiger partial charge >= 0.3 is 6.09 Å². The summed E-state index contributed by atoms with van der Waals surface area (Å²) in [5, 5.41) is 22.4. The zero-order valence-electron chi connectivity index (χ0n) is 14.9. The van der Waals surface area contributed by atoms with E-state index >= 15 is 0 Å². The van der Waals surface area contributed by atoms with Gasteiger partial charge in [0.05, 0.1) is 4.47 Å². The maximum Gasteiger partial charge on any atom is 0.412 e. The van der Waals surface area contributed by atoms with Crippen molar-refractivity contribution in [1.29, 1.82) is 0 Å². The number of nitrogens with one attached hydrogen (secondary N) is 1. The Hall–Kier alpha value is -1.97. The van der Waals surface area contributed by atoms with Gasteiger partial charge in [-0.15, -0.1) is 0 Å². The van der Waals surface area contributed by atoms with E-state index in [9.17, 15) is 15.0 Å². The Morgan fingerprint density at radius 1 is 1.25 bits per heavy atom. The third-order valence-corrected chi connectivity index (χ3v) is 5.38. The molecule has 7 nitrogen and oxygen atoms in total. The Bertz CT molecular complexity index is 876. The van der Waals surface area contributed by atoms with Crippen LogP contribution in [0.2, 0.25) is 0 Å². The summed E-state index contributed by atoms with van der Waals surface area (Å²) in [6.07, 6.45) is -1.06. The van der Waals surface area contributed by atoms with E-state index in [4.69, 9.17) is 14.2 Å². The van der Waals surface area contributed by atoms with Gasteiger partial charge in [0.2, 0.25) is 6.79 Å². The molecule has 3 N–H and O–H groups in total. The molecule has 1 heterocycles. The molecule has 0 fully saturated rings. The molecule has 0 saturated carbocycles. The van der Waals surface area contributed by atoms with E-state index in [2.05, 4.69) is 37.2 Å². The summed E-state index contributed by atoms with van der Waals surface area (Å²) in [6.45, 7) is 1.91. The van der Waals surface area contributed by atoms with E-state index in [1.807, 2.05) is 6.92 Å². The van der Waals surface area contributed by atoms with E-state index < -0.39 is 12.2 Å². The summed E-state index contributed by atoms with van der Waals surface area (Å²) >= 11 is 6.67. The second-order valence-corrected chi connectivity index (χ2v) is 8.10. The number of benzene rings is 2. The Morgan fingerprint density at radius 3 is 2.75 bits per heavy atom. The van der Waals surface area contributed by atoms with Crippen LogP contribution < -0.4 is 14.8 Å². The van der Waals surface area contributed by atoms with Crippen molar-refractivity contribution < 1.29 is 29.2 Å². The number of aliphatic hydroxyl groups is 1. The lowest BCUT2D eigenvalue weighted by atomic mass is 9.94. The molecule has 2 aromatic rings. The van der Waals surface area contributed by atoms with Crippen LogP contribution >= 0.6 is 31.9 Å². The fourth-order valence-electron chi connectivity index (χ4n) is 2.88. The summed E-state index contributed by atoms with van der Waals surface area (Å²) in [6, 6.07) is 8.39. The summed E-state index contributed by atoms with van der Waals surface area (Å²) in [5.41, 5.74) is 0.922. The molecule has 0 spiro atoms. The summed E-state index contributed by atoms with van der Waals surface area (Å²) in [7, 11) is 0. The van der Waals surface area contributed by atoms with Gasteiger partial charge in [-0.3, -0.25) is 5.32 Å². The van der Waals surface area contributed by atoms with Gasteiger partial charge < -0.3 is 24.4 Å². The Morgan fingerprint density at radius 2 is 2.00 bits per heavy atom. The number of hydrogen-bond donors (Lipinski definition) is 3. The molecule has 0 radical (unpaired) electrons. The molecule has 28 heavy (non-hydrogen) atoms. The van der Waals surface area contributed by atoms with E-state index in [-0.39, 0.29) is 25.1 Å². The van der Waals surface area contributed by atoms with Gasteiger partial charge in [-0.2, -0.15) is 0 Å². The zero-order chi connectivity index (χ0) is 20.3. The molecule has 150 valence electrons. The SMILES string of the molecule is C[C@@H](CCO)[C@H](OC(=O)Nc1ccc2c(c1)OCO2)c1cc(Br)cc(Br)c1O. The molecular weight excluding hydrogens is 498 g/mol. The van der Waals surface area contributed by atoms with Crippen molar-refractivity contribution in [1.82, 2.24) is 0 Å². The number of fused-ring (bicyclic) bond motifs is 1. The topological polar surface area (TPSA) is 97.3 Å². The van der Waals surface area contributed by atoms with Crippen molar-refractivity contribution in [2.24, 2.45) is 5.92 Å². The largest absolute Gasteiger partial charge is 0.506 e. The van der Waals surface area contributed by atoms with E-state index in [0.717, 1.165) is 0 Å². The van der Waals surface area contributed by atoms with Crippen LogP contribution in [-0.2, 0) is 4.74 Å². The van der Waals surface area contributed by atoms with Crippen LogP contribution in [0.1, 0.15) is 25.0 Å². The van der Waals surface area contributed by atoms with Gasteiger partial charge in [-0.1, -0.05) is 22.9 Å². The van der Waals surface area contributed by atoms with Gasteiger partial charge in [-0.25, -0.2) is 4.79 Å². The van der Waals surface area contributed by atoms with Gasteiger partial charge in [-0.05, 0) is 52.5 Å². The number of phenolic OH excluding ortho intramolecular Hbond substituents is 1. The minimum atomic E-state index is -0.769. The van der Waals surface area contributed by atoms with Crippen LogP contribution in [0, 0.1) is 5.92 Å². The maximum atomic E-state index is 12.5. The molecule has 0 aliphatic carbocycles. The van der Waals surface area contributed by atoms with Gasteiger partial charge in [0.1, 0.15) is 11.9 Å². The number of carbonyl (C=O) groups excluding carboxylic acids is 1. The van der Waals surface area contributed by atoms with E-state index in [0.29, 0.717) is 38.1 Å². The highest BCUT2D eigenvalue weighted by atomic mass is 79.9. The number of ether oxygens (including phenoxy) is 3. The quantitative estimate of drug-likeness (QED) is 0.502. The molecule has 0 bridgehead atoms. The smallest absolute Gasteiger partial charge is 0.412 e.